The number of nitrogens with one attached hydrogen (secondary N) is 1. The fourth-order valence-electron chi connectivity index (χ4n) is 2.38. The Morgan fingerprint density at radius 3 is 2.24 bits per heavy atom. The molecule has 2 aromatic carbocycles. The smallest absolute Gasteiger partial charge is 0.0591 e. The van der Waals surface area contributed by atoms with Gasteiger partial charge in [0.15, 0.2) is 0 Å². The van der Waals surface area contributed by atoms with Crippen LogP contribution in [-0.4, -0.2) is 6.54 Å². The van der Waals surface area contributed by atoms with Crippen molar-refractivity contribution in [1.29, 1.82) is 0 Å². The maximum Gasteiger partial charge on any atom is 0.0591 e. The fourth-order valence-corrected chi connectivity index (χ4v) is 2.83. The lowest BCUT2D eigenvalue weighted by Crippen LogP contribution is -2.23. The van der Waals surface area contributed by atoms with Gasteiger partial charge in [0.05, 0.1) is 6.04 Å². The zero-order valence-corrected chi connectivity index (χ0v) is 14.2. The lowest BCUT2D eigenvalue weighted by atomic mass is 9.95. The molecule has 1 atom stereocenters. The van der Waals surface area contributed by atoms with E-state index < -0.39 is 0 Å². The number of halogens is 2. The Labute approximate surface area is 137 Å². The second kappa shape index (κ2) is 7.31. The molecular weight excluding hydrogens is 301 g/mol. The van der Waals surface area contributed by atoms with Crippen LogP contribution in [0.4, 0.5) is 0 Å². The van der Waals surface area contributed by atoms with Gasteiger partial charge in [0, 0.05) is 10.0 Å². The third-order valence-electron chi connectivity index (χ3n) is 3.73. The van der Waals surface area contributed by atoms with Crippen LogP contribution in [0.2, 0.25) is 10.0 Å². The predicted octanol–water partition coefficient (Wildman–Crippen LogP) is 5.70. The van der Waals surface area contributed by atoms with E-state index in [0.29, 0.717) is 0 Å². The third-order valence-corrected chi connectivity index (χ3v) is 4.31. The Morgan fingerprint density at radius 2 is 1.62 bits per heavy atom. The van der Waals surface area contributed by atoms with Crippen LogP contribution in [0, 0.1) is 13.8 Å². The molecule has 0 aliphatic rings. The van der Waals surface area contributed by atoms with Crippen molar-refractivity contribution >= 4 is 23.2 Å². The Kier molecular flexibility index (Phi) is 5.69. The van der Waals surface area contributed by atoms with Gasteiger partial charge in [-0.1, -0.05) is 48.3 Å². The molecule has 1 nitrogen and oxygen atoms in total. The lowest BCUT2D eigenvalue weighted by molar-refractivity contribution is 0.598. The summed E-state index contributed by atoms with van der Waals surface area (Å²) in [4.78, 5) is 0. The van der Waals surface area contributed by atoms with Crippen LogP contribution in [0.5, 0.6) is 0 Å². The number of hydrogen-bond donors (Lipinski definition) is 1. The summed E-state index contributed by atoms with van der Waals surface area (Å²) >= 11 is 12.5. The summed E-state index contributed by atoms with van der Waals surface area (Å²) < 4.78 is 0. The maximum absolute atomic E-state index is 6.49. The number of rotatable bonds is 5. The van der Waals surface area contributed by atoms with Crippen molar-refractivity contribution in [3.63, 3.8) is 0 Å². The van der Waals surface area contributed by atoms with Gasteiger partial charge in [-0.3, -0.25) is 0 Å². The van der Waals surface area contributed by atoms with E-state index in [-0.39, 0.29) is 6.04 Å². The normalized spacial score (nSPS) is 12.4. The molecular formula is C18H21Cl2N. The second-order valence-corrected chi connectivity index (χ2v) is 6.24. The topological polar surface area (TPSA) is 12.0 Å². The van der Waals surface area contributed by atoms with Crippen LogP contribution in [0.1, 0.15) is 41.6 Å². The molecule has 0 spiro atoms. The van der Waals surface area contributed by atoms with Crippen LogP contribution >= 0.6 is 23.2 Å². The SMILES string of the molecule is CCCNC(c1ccc(Cl)cc1)c1cc(C)c(C)cc1Cl. The summed E-state index contributed by atoms with van der Waals surface area (Å²) in [7, 11) is 0. The van der Waals surface area contributed by atoms with Gasteiger partial charge in [0.25, 0.3) is 0 Å². The van der Waals surface area contributed by atoms with Crippen molar-refractivity contribution in [1.82, 2.24) is 5.32 Å². The van der Waals surface area contributed by atoms with E-state index >= 15 is 0 Å². The van der Waals surface area contributed by atoms with Gasteiger partial charge in [-0.2, -0.15) is 0 Å². The molecule has 2 rings (SSSR count). The van der Waals surface area contributed by atoms with Crippen molar-refractivity contribution in [2.45, 2.75) is 33.2 Å². The Morgan fingerprint density at radius 1 is 1.00 bits per heavy atom. The van der Waals surface area contributed by atoms with Crippen LogP contribution in [0.15, 0.2) is 36.4 Å². The molecule has 0 saturated heterocycles. The van der Waals surface area contributed by atoms with Gasteiger partial charge in [-0.25, -0.2) is 0 Å². The minimum Gasteiger partial charge on any atom is -0.306 e. The summed E-state index contributed by atoms with van der Waals surface area (Å²) in [5.74, 6) is 0. The van der Waals surface area contributed by atoms with Gasteiger partial charge >= 0.3 is 0 Å². The molecule has 0 fully saturated rings. The monoisotopic (exact) mass is 321 g/mol. The summed E-state index contributed by atoms with van der Waals surface area (Å²) in [6.07, 6.45) is 1.08. The van der Waals surface area contributed by atoms with Crippen LogP contribution in [0.25, 0.3) is 0 Å². The molecule has 3 heteroatoms. The molecule has 0 aromatic heterocycles. The van der Waals surface area contributed by atoms with Crippen molar-refractivity contribution in [3.8, 4) is 0 Å². The highest BCUT2D eigenvalue weighted by Gasteiger charge is 2.17. The molecule has 0 saturated carbocycles. The molecule has 0 aliphatic heterocycles. The van der Waals surface area contributed by atoms with Gasteiger partial charge in [0.2, 0.25) is 0 Å². The average Bonchev–Trinajstić information content (AvgIpc) is 2.46. The molecule has 0 heterocycles. The molecule has 1 unspecified atom stereocenters. The summed E-state index contributed by atoms with van der Waals surface area (Å²) in [5, 5.41) is 5.14. The van der Waals surface area contributed by atoms with E-state index in [1.54, 1.807) is 0 Å². The molecule has 0 aliphatic carbocycles. The minimum atomic E-state index is 0.0917. The van der Waals surface area contributed by atoms with Gasteiger partial charge in [-0.05, 0) is 67.3 Å². The Balaban J connectivity index is 2.45. The van der Waals surface area contributed by atoms with Crippen LogP contribution in [-0.2, 0) is 0 Å². The highest BCUT2D eigenvalue weighted by atomic mass is 35.5. The first-order valence-corrected chi connectivity index (χ1v) is 8.04. The van der Waals surface area contributed by atoms with E-state index in [1.807, 2.05) is 18.2 Å². The average molecular weight is 322 g/mol. The van der Waals surface area contributed by atoms with Gasteiger partial charge in [-0.15, -0.1) is 0 Å². The molecule has 2 aromatic rings. The lowest BCUT2D eigenvalue weighted by Gasteiger charge is -2.22. The first-order chi connectivity index (χ1) is 10.0. The van der Waals surface area contributed by atoms with Crippen molar-refractivity contribution in [3.05, 3.63) is 68.7 Å². The highest BCUT2D eigenvalue weighted by molar-refractivity contribution is 6.31. The Hall–Kier alpha value is -1.02. The summed E-state index contributed by atoms with van der Waals surface area (Å²) in [6, 6.07) is 12.3. The molecule has 0 amide bonds. The van der Waals surface area contributed by atoms with E-state index in [0.717, 1.165) is 28.6 Å². The highest BCUT2D eigenvalue weighted by Crippen LogP contribution is 2.31. The van der Waals surface area contributed by atoms with Crippen molar-refractivity contribution in [2.75, 3.05) is 6.54 Å². The summed E-state index contributed by atoms with van der Waals surface area (Å²) in [6.45, 7) is 7.31. The van der Waals surface area contributed by atoms with E-state index in [4.69, 9.17) is 23.2 Å². The van der Waals surface area contributed by atoms with Crippen molar-refractivity contribution < 1.29 is 0 Å². The van der Waals surface area contributed by atoms with E-state index in [1.165, 1.54) is 16.7 Å². The standard InChI is InChI=1S/C18H21Cl2N/c1-4-9-21-18(14-5-7-15(19)8-6-14)16-10-12(2)13(3)11-17(16)20/h5-8,10-11,18,21H,4,9H2,1-3H3. The van der Waals surface area contributed by atoms with Crippen LogP contribution < -0.4 is 5.32 Å². The third kappa shape index (κ3) is 4.00. The zero-order valence-electron chi connectivity index (χ0n) is 12.7. The van der Waals surface area contributed by atoms with Crippen molar-refractivity contribution in [2.24, 2.45) is 0 Å². The molecule has 0 bridgehead atoms. The number of hydrogen-bond acceptors (Lipinski definition) is 1. The van der Waals surface area contributed by atoms with Crippen LogP contribution in [0.3, 0.4) is 0 Å². The van der Waals surface area contributed by atoms with E-state index in [9.17, 15) is 0 Å². The predicted molar refractivity (Wildman–Crippen MR) is 92.5 cm³/mol. The van der Waals surface area contributed by atoms with E-state index in [2.05, 4.69) is 44.3 Å². The first kappa shape index (κ1) is 16.4. The quantitative estimate of drug-likeness (QED) is 0.744. The molecule has 0 radical (unpaired) electrons. The fraction of sp³-hybridized carbons (Fsp3) is 0.333. The minimum absolute atomic E-state index is 0.0917. The number of benzene rings is 2. The second-order valence-electron chi connectivity index (χ2n) is 5.40. The first-order valence-electron chi connectivity index (χ1n) is 7.28. The maximum atomic E-state index is 6.49. The summed E-state index contributed by atoms with van der Waals surface area (Å²) in [5.41, 5.74) is 4.77. The molecule has 112 valence electrons. The number of aryl methyl sites for hydroxylation is 2. The molecule has 21 heavy (non-hydrogen) atoms. The van der Waals surface area contributed by atoms with Gasteiger partial charge in [0.1, 0.15) is 0 Å². The largest absolute Gasteiger partial charge is 0.306 e. The van der Waals surface area contributed by atoms with Gasteiger partial charge < -0.3 is 5.32 Å². The zero-order chi connectivity index (χ0) is 15.4. The Bertz CT molecular complexity index is 605. The molecule has 1 N–H and O–H groups in total.